The van der Waals surface area contributed by atoms with Crippen molar-refractivity contribution in [3.8, 4) is 0 Å². The van der Waals surface area contributed by atoms with Crippen molar-refractivity contribution in [1.29, 1.82) is 0 Å². The third-order valence-corrected chi connectivity index (χ3v) is 1.70. The highest BCUT2D eigenvalue weighted by Crippen LogP contribution is 2.16. The average Bonchev–Trinajstić information content (AvgIpc) is 2.49. The van der Waals surface area contributed by atoms with Crippen LogP contribution in [-0.4, -0.2) is 11.1 Å². The van der Waals surface area contributed by atoms with Crippen molar-refractivity contribution < 1.29 is 14.3 Å². The number of halogens is 1. The first-order valence-electron chi connectivity index (χ1n) is 3.48. The van der Waals surface area contributed by atoms with Crippen molar-refractivity contribution in [3.63, 3.8) is 0 Å². The molecular formula is C9H7ClO3. The molecule has 2 rings (SSSR count). The summed E-state index contributed by atoms with van der Waals surface area (Å²) < 4.78 is 5.06. The Morgan fingerprint density at radius 3 is 2.77 bits per heavy atom. The zero-order valence-electron chi connectivity index (χ0n) is 6.56. The zero-order valence-corrected chi connectivity index (χ0v) is 7.38. The van der Waals surface area contributed by atoms with Crippen LogP contribution in [0.3, 0.4) is 0 Å². The molecule has 2 aromatic rings. The predicted molar refractivity (Wildman–Crippen MR) is 50.4 cm³/mol. The third-order valence-electron chi connectivity index (χ3n) is 1.70. The van der Waals surface area contributed by atoms with E-state index in [1.165, 1.54) is 12.3 Å². The quantitative estimate of drug-likeness (QED) is 0.766. The van der Waals surface area contributed by atoms with Gasteiger partial charge in [0.1, 0.15) is 5.58 Å². The fourth-order valence-electron chi connectivity index (χ4n) is 1.10. The smallest absolute Gasteiger partial charge is 0.335 e. The molecule has 13 heavy (non-hydrogen) atoms. The number of aromatic carboxylic acids is 1. The van der Waals surface area contributed by atoms with Crippen molar-refractivity contribution in [2.24, 2.45) is 0 Å². The monoisotopic (exact) mass is 198 g/mol. The molecule has 0 radical (unpaired) electrons. The summed E-state index contributed by atoms with van der Waals surface area (Å²) in [5, 5.41) is 9.47. The summed E-state index contributed by atoms with van der Waals surface area (Å²) in [5.74, 6) is -0.918. The molecule has 0 fully saturated rings. The van der Waals surface area contributed by atoms with E-state index in [9.17, 15) is 4.79 Å². The number of hydrogen-bond donors (Lipinski definition) is 1. The van der Waals surface area contributed by atoms with Gasteiger partial charge in [0.25, 0.3) is 0 Å². The molecule has 0 atom stereocenters. The Hall–Kier alpha value is -1.48. The Labute approximate surface area is 80.4 Å². The van der Waals surface area contributed by atoms with Crippen LogP contribution in [0.1, 0.15) is 10.4 Å². The average molecular weight is 199 g/mol. The van der Waals surface area contributed by atoms with Crippen LogP contribution in [0.4, 0.5) is 0 Å². The van der Waals surface area contributed by atoms with Gasteiger partial charge in [0.15, 0.2) is 0 Å². The van der Waals surface area contributed by atoms with Crippen molar-refractivity contribution in [3.05, 3.63) is 36.1 Å². The Morgan fingerprint density at radius 1 is 1.31 bits per heavy atom. The molecule has 0 saturated heterocycles. The van der Waals surface area contributed by atoms with Crippen LogP contribution in [0.15, 0.2) is 34.9 Å². The molecule has 4 heteroatoms. The van der Waals surface area contributed by atoms with Crippen LogP contribution in [0.2, 0.25) is 0 Å². The molecule has 1 aromatic carbocycles. The van der Waals surface area contributed by atoms with Crippen LogP contribution >= 0.6 is 12.4 Å². The van der Waals surface area contributed by atoms with Gasteiger partial charge in [-0.2, -0.15) is 0 Å². The molecule has 0 bridgehead atoms. The number of carboxylic acid groups (broad SMARTS) is 1. The van der Waals surface area contributed by atoms with Gasteiger partial charge in [-0.25, -0.2) is 4.79 Å². The highest BCUT2D eigenvalue weighted by atomic mass is 35.5. The maximum Gasteiger partial charge on any atom is 0.335 e. The van der Waals surface area contributed by atoms with Gasteiger partial charge in [-0.1, -0.05) is 0 Å². The topological polar surface area (TPSA) is 50.4 Å². The molecule has 0 aliphatic heterocycles. The minimum atomic E-state index is -0.918. The highest BCUT2D eigenvalue weighted by Gasteiger charge is 2.03. The van der Waals surface area contributed by atoms with Gasteiger partial charge in [-0.3, -0.25) is 0 Å². The Morgan fingerprint density at radius 2 is 2.08 bits per heavy atom. The lowest BCUT2D eigenvalue weighted by molar-refractivity contribution is 0.0697. The molecule has 68 valence electrons. The standard InChI is InChI=1S/C9H6O3.ClH/c10-9(11)7-1-2-8-6(5-7)3-4-12-8;/h1-5H,(H,10,11);1H. The lowest BCUT2D eigenvalue weighted by Gasteiger charge is -1.92. The molecule has 0 spiro atoms. The van der Waals surface area contributed by atoms with E-state index >= 15 is 0 Å². The van der Waals surface area contributed by atoms with E-state index in [-0.39, 0.29) is 18.0 Å². The van der Waals surface area contributed by atoms with Gasteiger partial charge in [0.2, 0.25) is 0 Å². The van der Waals surface area contributed by atoms with E-state index in [2.05, 4.69) is 0 Å². The second-order valence-electron chi connectivity index (χ2n) is 2.48. The van der Waals surface area contributed by atoms with Crippen LogP contribution in [-0.2, 0) is 0 Å². The largest absolute Gasteiger partial charge is 0.478 e. The maximum absolute atomic E-state index is 10.5. The van der Waals surface area contributed by atoms with Gasteiger partial charge in [-0.15, -0.1) is 12.4 Å². The van der Waals surface area contributed by atoms with Crippen LogP contribution in [0.5, 0.6) is 0 Å². The Kier molecular flexibility index (Phi) is 2.58. The molecule has 0 aliphatic rings. The summed E-state index contributed by atoms with van der Waals surface area (Å²) in [6, 6.07) is 6.50. The van der Waals surface area contributed by atoms with Crippen LogP contribution in [0.25, 0.3) is 11.0 Å². The number of fused-ring (bicyclic) bond motifs is 1. The summed E-state index contributed by atoms with van der Waals surface area (Å²) in [5.41, 5.74) is 0.990. The van der Waals surface area contributed by atoms with E-state index < -0.39 is 5.97 Å². The molecule has 1 heterocycles. The van der Waals surface area contributed by atoms with E-state index in [1.54, 1.807) is 18.2 Å². The highest BCUT2D eigenvalue weighted by molar-refractivity contribution is 5.92. The second kappa shape index (κ2) is 3.49. The van der Waals surface area contributed by atoms with Crippen molar-refractivity contribution >= 4 is 29.3 Å². The minimum Gasteiger partial charge on any atom is -0.478 e. The fraction of sp³-hybridized carbons (Fsp3) is 0. The molecule has 0 unspecified atom stereocenters. The predicted octanol–water partition coefficient (Wildman–Crippen LogP) is 2.55. The lowest BCUT2D eigenvalue weighted by Crippen LogP contribution is -1.94. The lowest BCUT2D eigenvalue weighted by atomic mass is 10.2. The maximum atomic E-state index is 10.5. The fourth-order valence-corrected chi connectivity index (χ4v) is 1.10. The number of carbonyl (C=O) groups is 1. The first-order valence-corrected chi connectivity index (χ1v) is 3.48. The molecule has 0 aliphatic carbocycles. The number of rotatable bonds is 1. The number of hydrogen-bond acceptors (Lipinski definition) is 2. The molecular weight excluding hydrogens is 192 g/mol. The first-order chi connectivity index (χ1) is 5.77. The number of benzene rings is 1. The molecule has 1 aromatic heterocycles. The summed E-state index contributed by atoms with van der Waals surface area (Å²) in [4.78, 5) is 10.5. The van der Waals surface area contributed by atoms with Crippen molar-refractivity contribution in [2.75, 3.05) is 0 Å². The summed E-state index contributed by atoms with van der Waals surface area (Å²) in [6.07, 6.45) is 1.54. The normalized spacial score (nSPS) is 9.54. The molecule has 0 saturated carbocycles. The van der Waals surface area contributed by atoms with Crippen LogP contribution in [0, 0.1) is 0 Å². The van der Waals surface area contributed by atoms with Gasteiger partial charge in [0, 0.05) is 5.39 Å². The van der Waals surface area contributed by atoms with E-state index in [1.807, 2.05) is 0 Å². The third kappa shape index (κ3) is 1.65. The van der Waals surface area contributed by atoms with Crippen molar-refractivity contribution in [2.45, 2.75) is 0 Å². The van der Waals surface area contributed by atoms with Crippen LogP contribution < -0.4 is 0 Å². The van der Waals surface area contributed by atoms with Gasteiger partial charge < -0.3 is 9.52 Å². The Bertz CT molecular complexity index is 433. The SMILES string of the molecule is Cl.O=C(O)c1ccc2occc2c1. The first kappa shape index (κ1) is 9.61. The van der Waals surface area contributed by atoms with E-state index in [4.69, 9.17) is 9.52 Å². The van der Waals surface area contributed by atoms with Crippen molar-refractivity contribution in [1.82, 2.24) is 0 Å². The summed E-state index contributed by atoms with van der Waals surface area (Å²) in [6.45, 7) is 0. The van der Waals surface area contributed by atoms with Gasteiger partial charge in [0.05, 0.1) is 11.8 Å². The molecule has 1 N–H and O–H groups in total. The molecule has 0 amide bonds. The van der Waals surface area contributed by atoms with Gasteiger partial charge >= 0.3 is 5.97 Å². The summed E-state index contributed by atoms with van der Waals surface area (Å²) in [7, 11) is 0. The van der Waals surface area contributed by atoms with E-state index in [0.29, 0.717) is 5.58 Å². The Balaban J connectivity index is 0.000000845. The second-order valence-corrected chi connectivity index (χ2v) is 2.48. The van der Waals surface area contributed by atoms with E-state index in [0.717, 1.165) is 5.39 Å². The van der Waals surface area contributed by atoms with Gasteiger partial charge in [-0.05, 0) is 24.3 Å². The summed E-state index contributed by atoms with van der Waals surface area (Å²) >= 11 is 0. The molecule has 3 nitrogen and oxygen atoms in total. The number of carboxylic acids is 1. The zero-order chi connectivity index (χ0) is 8.55. The minimum absolute atomic E-state index is 0. The number of furan rings is 1.